The Kier molecular flexibility index (Phi) is 5.48. The molecule has 1 aliphatic rings. The minimum absolute atomic E-state index is 0.179. The topological polar surface area (TPSA) is 108 Å². The molecule has 3 heterocycles. The number of nitrogens with two attached hydrogens (primary N) is 1. The summed E-state index contributed by atoms with van der Waals surface area (Å²) in [6.07, 6.45) is 6.73. The van der Waals surface area contributed by atoms with Gasteiger partial charge in [-0.15, -0.1) is 0 Å². The molecule has 4 aromatic rings. The molecule has 8 heteroatoms. The van der Waals surface area contributed by atoms with Crippen molar-refractivity contribution in [3.8, 4) is 11.8 Å². The largest absolute Gasteiger partial charge is 0.383 e. The SMILES string of the molecule is COCc1ccc(NC(=O)c2c(C#Cc3ccncc3)n(C3(C)CC3)c3ncnc(N)c23)cc1. The predicted octanol–water partition coefficient (Wildman–Crippen LogP) is 3.72. The Morgan fingerprint density at radius 3 is 2.56 bits per heavy atom. The fraction of sp³-hybridized carbons (Fsp3) is 0.231. The van der Waals surface area contributed by atoms with Gasteiger partial charge in [0.05, 0.1) is 17.6 Å². The molecule has 1 aromatic carbocycles. The van der Waals surface area contributed by atoms with Gasteiger partial charge in [0, 0.05) is 36.3 Å². The van der Waals surface area contributed by atoms with E-state index in [1.165, 1.54) is 6.33 Å². The van der Waals surface area contributed by atoms with Crippen LogP contribution in [-0.2, 0) is 16.9 Å². The van der Waals surface area contributed by atoms with Gasteiger partial charge in [-0.1, -0.05) is 18.1 Å². The van der Waals surface area contributed by atoms with Gasteiger partial charge in [0.1, 0.15) is 23.5 Å². The van der Waals surface area contributed by atoms with E-state index < -0.39 is 0 Å². The van der Waals surface area contributed by atoms with Crippen LogP contribution in [0.3, 0.4) is 0 Å². The van der Waals surface area contributed by atoms with Crippen LogP contribution in [0.15, 0.2) is 55.1 Å². The van der Waals surface area contributed by atoms with Crippen LogP contribution < -0.4 is 11.1 Å². The molecule has 3 aromatic heterocycles. The van der Waals surface area contributed by atoms with Gasteiger partial charge in [0.2, 0.25) is 0 Å². The van der Waals surface area contributed by atoms with Gasteiger partial charge in [0.25, 0.3) is 5.91 Å². The number of nitrogen functional groups attached to an aromatic ring is 1. The fourth-order valence-electron chi connectivity index (χ4n) is 4.02. The highest BCUT2D eigenvalue weighted by atomic mass is 16.5. The molecular formula is C26H24N6O2. The third kappa shape index (κ3) is 3.98. The van der Waals surface area contributed by atoms with E-state index in [1.54, 1.807) is 19.5 Å². The monoisotopic (exact) mass is 452 g/mol. The second kappa shape index (κ2) is 8.61. The molecule has 34 heavy (non-hydrogen) atoms. The smallest absolute Gasteiger partial charge is 0.259 e. The third-order valence-electron chi connectivity index (χ3n) is 6.05. The lowest BCUT2D eigenvalue weighted by Crippen LogP contribution is -2.18. The molecule has 0 spiro atoms. The number of carbonyl (C=O) groups excluding carboxylic acids is 1. The molecular weight excluding hydrogens is 428 g/mol. The Labute approximate surface area is 197 Å². The van der Waals surface area contributed by atoms with Crippen molar-refractivity contribution in [1.29, 1.82) is 0 Å². The van der Waals surface area contributed by atoms with E-state index in [0.29, 0.717) is 34.6 Å². The number of hydrogen-bond acceptors (Lipinski definition) is 6. The van der Waals surface area contributed by atoms with Gasteiger partial charge in [-0.2, -0.15) is 0 Å². The molecule has 0 radical (unpaired) electrons. The van der Waals surface area contributed by atoms with Gasteiger partial charge in [-0.05, 0) is 55.5 Å². The van der Waals surface area contributed by atoms with Crippen molar-refractivity contribution in [2.75, 3.05) is 18.2 Å². The van der Waals surface area contributed by atoms with E-state index in [1.807, 2.05) is 41.0 Å². The number of nitrogens with one attached hydrogen (secondary N) is 1. The molecule has 8 nitrogen and oxygen atoms in total. The Hall–Kier alpha value is -4.22. The molecule has 170 valence electrons. The van der Waals surface area contributed by atoms with E-state index in [2.05, 4.69) is 39.0 Å². The Bertz CT molecular complexity index is 1430. The normalized spacial score (nSPS) is 13.8. The van der Waals surface area contributed by atoms with Gasteiger partial charge >= 0.3 is 0 Å². The summed E-state index contributed by atoms with van der Waals surface area (Å²) in [5.41, 5.74) is 10.1. The van der Waals surface area contributed by atoms with E-state index in [-0.39, 0.29) is 17.3 Å². The number of carbonyl (C=O) groups is 1. The van der Waals surface area contributed by atoms with Crippen molar-refractivity contribution in [3.63, 3.8) is 0 Å². The molecule has 0 aliphatic heterocycles. The Balaban J connectivity index is 1.65. The van der Waals surface area contributed by atoms with E-state index >= 15 is 0 Å². The predicted molar refractivity (Wildman–Crippen MR) is 130 cm³/mol. The fourth-order valence-corrected chi connectivity index (χ4v) is 4.02. The molecule has 1 amide bonds. The van der Waals surface area contributed by atoms with Crippen LogP contribution in [0.5, 0.6) is 0 Å². The number of ether oxygens (including phenoxy) is 1. The first-order valence-corrected chi connectivity index (χ1v) is 11.0. The van der Waals surface area contributed by atoms with Crippen molar-refractivity contribution in [2.24, 2.45) is 0 Å². The first-order valence-electron chi connectivity index (χ1n) is 11.0. The number of pyridine rings is 1. The average molecular weight is 453 g/mol. The summed E-state index contributed by atoms with van der Waals surface area (Å²) in [6.45, 7) is 2.64. The quantitative estimate of drug-likeness (QED) is 0.447. The van der Waals surface area contributed by atoms with Crippen molar-refractivity contribution in [2.45, 2.75) is 31.9 Å². The van der Waals surface area contributed by atoms with E-state index in [0.717, 1.165) is 24.0 Å². The minimum atomic E-state index is -0.312. The zero-order valence-electron chi connectivity index (χ0n) is 19.0. The summed E-state index contributed by atoms with van der Waals surface area (Å²) in [7, 11) is 1.65. The molecule has 0 unspecified atom stereocenters. The van der Waals surface area contributed by atoms with Crippen LogP contribution in [0.2, 0.25) is 0 Å². The lowest BCUT2D eigenvalue weighted by Gasteiger charge is -2.14. The zero-order chi connectivity index (χ0) is 23.7. The van der Waals surface area contributed by atoms with Crippen LogP contribution in [0.1, 0.15) is 46.9 Å². The van der Waals surface area contributed by atoms with Crippen molar-refractivity contribution >= 4 is 28.4 Å². The Morgan fingerprint density at radius 2 is 1.88 bits per heavy atom. The summed E-state index contributed by atoms with van der Waals surface area (Å²) in [6, 6.07) is 11.2. The number of fused-ring (bicyclic) bond motifs is 1. The first-order chi connectivity index (χ1) is 16.5. The van der Waals surface area contributed by atoms with Gasteiger partial charge in [0.15, 0.2) is 0 Å². The summed E-state index contributed by atoms with van der Waals surface area (Å²) in [5.74, 6) is 6.35. The second-order valence-electron chi connectivity index (χ2n) is 8.58. The molecule has 1 fully saturated rings. The highest BCUT2D eigenvalue weighted by Crippen LogP contribution is 2.47. The standard InChI is InChI=1S/C26H24N6O2/c1-26(11-12-26)32-20(8-5-17-9-13-28-14-10-17)21(22-23(27)29-16-30-24(22)32)25(33)31-19-6-3-18(4-7-19)15-34-2/h3-4,6-7,9-10,13-14,16H,11-12,15H2,1-2H3,(H,31,33)(H2,27,29,30). The average Bonchev–Trinajstić information content (AvgIpc) is 3.48. The third-order valence-corrected chi connectivity index (χ3v) is 6.05. The molecule has 1 saturated carbocycles. The number of anilines is 2. The molecule has 0 bridgehead atoms. The lowest BCUT2D eigenvalue weighted by atomic mass is 10.1. The molecule has 0 atom stereocenters. The summed E-state index contributed by atoms with van der Waals surface area (Å²) < 4.78 is 7.21. The van der Waals surface area contributed by atoms with E-state index in [4.69, 9.17) is 10.5 Å². The number of nitrogens with zero attached hydrogens (tertiary/aromatic N) is 4. The second-order valence-corrected chi connectivity index (χ2v) is 8.58. The summed E-state index contributed by atoms with van der Waals surface area (Å²) in [5, 5.41) is 3.51. The zero-order valence-corrected chi connectivity index (χ0v) is 19.0. The van der Waals surface area contributed by atoms with Crippen LogP contribution in [0, 0.1) is 11.8 Å². The van der Waals surface area contributed by atoms with Crippen LogP contribution in [0.25, 0.3) is 11.0 Å². The summed E-state index contributed by atoms with van der Waals surface area (Å²) in [4.78, 5) is 26.4. The maximum Gasteiger partial charge on any atom is 0.259 e. The molecule has 0 saturated heterocycles. The molecule has 1 aliphatic carbocycles. The number of aromatic nitrogens is 4. The summed E-state index contributed by atoms with van der Waals surface area (Å²) >= 11 is 0. The van der Waals surface area contributed by atoms with Gasteiger partial charge in [-0.3, -0.25) is 9.78 Å². The highest BCUT2D eigenvalue weighted by molar-refractivity contribution is 6.16. The highest BCUT2D eigenvalue weighted by Gasteiger charge is 2.43. The number of methoxy groups -OCH3 is 1. The number of rotatable bonds is 5. The minimum Gasteiger partial charge on any atom is -0.383 e. The number of benzene rings is 1. The molecule has 5 rings (SSSR count). The number of hydrogen-bond donors (Lipinski definition) is 2. The maximum absolute atomic E-state index is 13.6. The van der Waals surface area contributed by atoms with Crippen molar-refractivity contribution in [3.05, 3.63) is 77.5 Å². The first kappa shape index (κ1) is 21.6. The lowest BCUT2D eigenvalue weighted by molar-refractivity contribution is 0.102. The number of amides is 1. The van der Waals surface area contributed by atoms with Crippen molar-refractivity contribution < 1.29 is 9.53 Å². The van der Waals surface area contributed by atoms with Crippen LogP contribution in [0.4, 0.5) is 11.5 Å². The van der Waals surface area contributed by atoms with E-state index in [9.17, 15) is 4.79 Å². The maximum atomic E-state index is 13.6. The van der Waals surface area contributed by atoms with Gasteiger partial charge < -0.3 is 20.4 Å². The Morgan fingerprint density at radius 1 is 1.15 bits per heavy atom. The van der Waals surface area contributed by atoms with Crippen molar-refractivity contribution in [1.82, 2.24) is 19.5 Å². The molecule has 3 N–H and O–H groups in total. The van der Waals surface area contributed by atoms with Crippen LogP contribution >= 0.6 is 0 Å². The van der Waals surface area contributed by atoms with Crippen LogP contribution in [-0.4, -0.2) is 32.5 Å². The van der Waals surface area contributed by atoms with Gasteiger partial charge in [-0.25, -0.2) is 9.97 Å².